The van der Waals surface area contributed by atoms with Crippen LogP contribution in [0.15, 0.2) is 0 Å². The predicted molar refractivity (Wildman–Crippen MR) is 6.44 cm³/mol. The van der Waals surface area contributed by atoms with Crippen molar-refractivity contribution in [3.63, 3.8) is 0 Å². The summed E-state index contributed by atoms with van der Waals surface area (Å²) in [5, 5.41) is 0. The number of hydrogen-bond acceptors (Lipinski definition) is 0. The van der Waals surface area contributed by atoms with Gasteiger partial charge in [-0.2, -0.15) is 0 Å². The monoisotopic (exact) mass is 217 g/mol. The maximum atomic E-state index is 0. The fourth-order valence-electron chi connectivity index (χ4n) is 0. The molecule has 0 rings (SSSR count). The number of hydrogen-bond donors (Lipinski definition) is 0. The molecule has 4 heteroatoms. The second-order valence-electron chi connectivity index (χ2n) is 0. The topological polar surface area (TPSA) is 28.5 Å². The first kappa shape index (κ1) is 32.7. The van der Waals surface area contributed by atoms with Crippen molar-refractivity contribution >= 4 is 23.1 Å². The van der Waals surface area contributed by atoms with Crippen LogP contribution in [-0.4, -0.2) is 23.1 Å². The fourth-order valence-corrected chi connectivity index (χ4v) is 0. The quantitative estimate of drug-likeness (QED) is 0.379. The van der Waals surface area contributed by atoms with Gasteiger partial charge in [0.2, 0.25) is 0 Å². The van der Waals surface area contributed by atoms with Gasteiger partial charge in [0.1, 0.15) is 0 Å². The molecule has 1 radical (unpaired) electrons. The van der Waals surface area contributed by atoms with Crippen LogP contribution in [0.1, 0.15) is 0 Å². The van der Waals surface area contributed by atoms with Crippen molar-refractivity contribution in [1.82, 2.24) is 0 Å². The van der Waals surface area contributed by atoms with E-state index < -0.39 is 0 Å². The normalized spacial score (nSPS) is 0. The predicted octanol–water partition coefficient (Wildman–Crippen LogP) is -3.50. The second kappa shape index (κ2) is 18.3. The summed E-state index contributed by atoms with van der Waals surface area (Å²) in [6.07, 6.45) is 0. The molecule has 0 aromatic carbocycles. The summed E-state index contributed by atoms with van der Waals surface area (Å²) in [6, 6.07) is 0. The van der Waals surface area contributed by atoms with Gasteiger partial charge in [-0.05, 0) is 0 Å². The molecule has 0 unspecified atom stereocenters. The minimum Gasteiger partial charge on any atom is -2.00 e. The summed E-state index contributed by atoms with van der Waals surface area (Å²) in [4.78, 5) is 0. The van der Waals surface area contributed by atoms with Gasteiger partial charge in [0.05, 0.1) is 0 Å². The van der Waals surface area contributed by atoms with Crippen LogP contribution in [0.2, 0.25) is 0 Å². The van der Waals surface area contributed by atoms with Gasteiger partial charge in [-0.1, -0.05) is 0 Å². The minimum absolute atomic E-state index is 0. The van der Waals surface area contributed by atoms with Crippen LogP contribution in [0, 0.1) is 40.8 Å². The molecule has 0 spiro atoms. The second-order valence-corrected chi connectivity index (χ2v) is 0. The molecule has 0 aromatic heterocycles. The molecule has 0 bridgehead atoms. The van der Waals surface area contributed by atoms with Gasteiger partial charge in [0.25, 0.3) is 0 Å². The Morgan fingerprint density at radius 2 is 1.00 bits per heavy atom. The zero-order valence-corrected chi connectivity index (χ0v) is 7.37. The van der Waals surface area contributed by atoms with E-state index in [9.17, 15) is 0 Å². The Hall–Kier alpha value is 2.37. The van der Waals surface area contributed by atoms with E-state index in [-0.39, 0.29) is 81.8 Å². The molecule has 4 heavy (non-hydrogen) atoms. The third-order valence-electron chi connectivity index (χ3n) is 0. The Kier molecular flexibility index (Phi) is 150. The molecule has 0 saturated heterocycles. The van der Waals surface area contributed by atoms with Gasteiger partial charge in [0.15, 0.2) is 0 Å². The van der Waals surface area contributed by atoms with Crippen LogP contribution in [0.25, 0.3) is 0 Å². The Labute approximate surface area is 80.3 Å². The van der Waals surface area contributed by atoms with Crippen molar-refractivity contribution in [3.8, 4) is 0 Å². The maximum absolute atomic E-state index is 0. The Bertz CT molecular complexity index is 8.00. The van der Waals surface area contributed by atoms with Crippen molar-refractivity contribution in [2.45, 2.75) is 0 Å². The average Bonchev–Trinajstić information content (AvgIpc) is 0. The van der Waals surface area contributed by atoms with Crippen molar-refractivity contribution in [2.24, 2.45) is 0 Å². The van der Waals surface area contributed by atoms with Crippen molar-refractivity contribution in [1.29, 1.82) is 0 Å². The van der Waals surface area contributed by atoms with Gasteiger partial charge >= 0.3 is 63.9 Å². The SMILES string of the molecule is [Cl-].[Mg+2].[Nd+3].[O-2]. The van der Waals surface area contributed by atoms with Crippen LogP contribution in [0.5, 0.6) is 0 Å². The minimum atomic E-state index is 0. The van der Waals surface area contributed by atoms with E-state index in [0.717, 1.165) is 0 Å². The van der Waals surface area contributed by atoms with E-state index in [2.05, 4.69) is 0 Å². The first-order valence-electron chi connectivity index (χ1n) is 0. The standard InChI is InChI=1S/ClH.Mg.Nd.O/h1H;;;/q;+2;+3;-2/p-1. The van der Waals surface area contributed by atoms with E-state index in [4.69, 9.17) is 0 Å². The molecule has 0 heterocycles. The third kappa shape index (κ3) is 8.84. The maximum Gasteiger partial charge on any atom is 3.00 e. The summed E-state index contributed by atoms with van der Waals surface area (Å²) in [7, 11) is 0. The molecule has 0 fully saturated rings. The molecule has 0 aromatic rings. The largest absolute Gasteiger partial charge is 3.00 e. The van der Waals surface area contributed by atoms with E-state index in [1.54, 1.807) is 0 Å². The molecule has 0 amide bonds. The van der Waals surface area contributed by atoms with Crippen molar-refractivity contribution in [3.05, 3.63) is 0 Å². The Balaban J connectivity index is 0. The van der Waals surface area contributed by atoms with Crippen LogP contribution in [0.4, 0.5) is 0 Å². The van der Waals surface area contributed by atoms with E-state index in [1.165, 1.54) is 0 Å². The summed E-state index contributed by atoms with van der Waals surface area (Å²) in [6.45, 7) is 0. The summed E-state index contributed by atoms with van der Waals surface area (Å²) in [5.41, 5.74) is 0. The van der Waals surface area contributed by atoms with Gasteiger partial charge < -0.3 is 17.9 Å². The molecule has 0 aliphatic rings. The van der Waals surface area contributed by atoms with E-state index in [0.29, 0.717) is 0 Å². The third-order valence-corrected chi connectivity index (χ3v) is 0. The van der Waals surface area contributed by atoms with Crippen LogP contribution in [0.3, 0.4) is 0 Å². The molecule has 0 N–H and O–H groups in total. The molecule has 0 aliphatic heterocycles. The molecular formula is ClMgNdO+2. The van der Waals surface area contributed by atoms with Crippen LogP contribution >= 0.6 is 0 Å². The van der Waals surface area contributed by atoms with Crippen LogP contribution in [-0.2, 0) is 5.48 Å². The summed E-state index contributed by atoms with van der Waals surface area (Å²) >= 11 is 0. The Morgan fingerprint density at radius 1 is 1.00 bits per heavy atom. The number of halogens is 1. The van der Waals surface area contributed by atoms with Gasteiger partial charge in [-0.15, -0.1) is 0 Å². The summed E-state index contributed by atoms with van der Waals surface area (Å²) in [5.74, 6) is 0. The molecular weight excluding hydrogens is 220 g/mol. The van der Waals surface area contributed by atoms with E-state index >= 15 is 0 Å². The number of rotatable bonds is 0. The Morgan fingerprint density at radius 3 is 1.00 bits per heavy atom. The first-order chi connectivity index (χ1) is 0. The fraction of sp³-hybridized carbons (Fsp3) is 0. The zero-order chi connectivity index (χ0) is 0. The summed E-state index contributed by atoms with van der Waals surface area (Å²) < 4.78 is 0. The molecule has 0 atom stereocenters. The van der Waals surface area contributed by atoms with E-state index in [1.807, 2.05) is 0 Å². The smallest absolute Gasteiger partial charge is 2.00 e. The van der Waals surface area contributed by atoms with Gasteiger partial charge in [-0.3, -0.25) is 0 Å². The van der Waals surface area contributed by atoms with Crippen molar-refractivity contribution in [2.75, 3.05) is 0 Å². The van der Waals surface area contributed by atoms with Gasteiger partial charge in [-0.25, -0.2) is 0 Å². The molecule has 0 aliphatic carbocycles. The average molecular weight is 220 g/mol. The zero-order valence-electron chi connectivity index (χ0n) is 1.99. The van der Waals surface area contributed by atoms with Crippen molar-refractivity contribution < 1.29 is 58.7 Å². The molecule has 1 nitrogen and oxygen atoms in total. The first-order valence-corrected chi connectivity index (χ1v) is 0. The van der Waals surface area contributed by atoms with Crippen LogP contribution < -0.4 is 12.4 Å². The molecule has 0 saturated carbocycles. The molecule has 17 valence electrons. The van der Waals surface area contributed by atoms with Gasteiger partial charge in [0, 0.05) is 0 Å².